The zero-order valence-electron chi connectivity index (χ0n) is 9.38. The Hall–Kier alpha value is -1.49. The summed E-state index contributed by atoms with van der Waals surface area (Å²) in [5.41, 5.74) is 0.0315. The third-order valence-electron chi connectivity index (χ3n) is 2.69. The molecule has 0 aliphatic rings. The summed E-state index contributed by atoms with van der Waals surface area (Å²) in [4.78, 5) is 0. The minimum Gasteiger partial charge on any atom is -0.336 e. The van der Waals surface area contributed by atoms with Crippen LogP contribution in [0.15, 0.2) is 30.3 Å². The van der Waals surface area contributed by atoms with Gasteiger partial charge in [-0.15, -0.1) is 0 Å². The van der Waals surface area contributed by atoms with Crippen molar-refractivity contribution >= 4 is 10.9 Å². The van der Waals surface area contributed by atoms with Crippen molar-refractivity contribution in [2.45, 2.75) is 12.7 Å². The lowest BCUT2D eigenvalue weighted by Gasteiger charge is -2.12. The number of rotatable bonds is 3. The predicted octanol–water partition coefficient (Wildman–Crippen LogP) is 2.88. The smallest absolute Gasteiger partial charge is 0.336 e. The van der Waals surface area contributed by atoms with Gasteiger partial charge in [0.25, 0.3) is 0 Å². The van der Waals surface area contributed by atoms with Crippen LogP contribution in [-0.2, 0) is 12.7 Å². The van der Waals surface area contributed by atoms with Crippen LogP contribution in [0.4, 0.5) is 13.2 Å². The topological polar surface area (TPSA) is 17.0 Å². The molecule has 1 N–H and O–H groups in total. The molecule has 0 bridgehead atoms. The van der Waals surface area contributed by atoms with Crippen molar-refractivity contribution in [1.82, 2.24) is 9.88 Å². The first-order chi connectivity index (χ1) is 8.04. The molecule has 17 heavy (non-hydrogen) atoms. The molecule has 0 atom stereocenters. The van der Waals surface area contributed by atoms with E-state index in [1.807, 2.05) is 0 Å². The Balaban J connectivity index is 2.57. The van der Waals surface area contributed by atoms with E-state index in [-0.39, 0.29) is 0 Å². The van der Waals surface area contributed by atoms with Crippen LogP contribution in [0.1, 0.15) is 5.69 Å². The average Bonchev–Trinajstić information content (AvgIpc) is 2.65. The summed E-state index contributed by atoms with van der Waals surface area (Å²) in [7, 11) is 1.72. The highest BCUT2D eigenvalue weighted by molar-refractivity contribution is 5.81. The number of benzene rings is 1. The maximum absolute atomic E-state index is 12.9. The second kappa shape index (κ2) is 4.41. The average molecular weight is 242 g/mol. The molecule has 0 fully saturated rings. The Kier molecular flexibility index (Phi) is 3.11. The molecule has 0 amide bonds. The van der Waals surface area contributed by atoms with Crippen molar-refractivity contribution in [2.75, 3.05) is 13.6 Å². The van der Waals surface area contributed by atoms with Gasteiger partial charge in [0.05, 0.1) is 0 Å². The lowest BCUT2D eigenvalue weighted by atomic mass is 10.2. The van der Waals surface area contributed by atoms with Gasteiger partial charge >= 0.3 is 6.18 Å². The van der Waals surface area contributed by atoms with E-state index >= 15 is 0 Å². The van der Waals surface area contributed by atoms with E-state index in [4.69, 9.17) is 0 Å². The molecule has 0 aliphatic heterocycles. The van der Waals surface area contributed by atoms with Gasteiger partial charge < -0.3 is 9.88 Å². The third-order valence-corrected chi connectivity index (χ3v) is 2.69. The highest BCUT2D eigenvalue weighted by atomic mass is 19.4. The predicted molar refractivity (Wildman–Crippen MR) is 60.9 cm³/mol. The molecule has 2 nitrogen and oxygen atoms in total. The van der Waals surface area contributed by atoms with Crippen LogP contribution in [-0.4, -0.2) is 18.2 Å². The van der Waals surface area contributed by atoms with Crippen molar-refractivity contribution in [1.29, 1.82) is 0 Å². The molecule has 0 radical (unpaired) electrons. The summed E-state index contributed by atoms with van der Waals surface area (Å²) in [6.45, 7) is 0.806. The number of para-hydroxylation sites is 1. The number of alkyl halides is 3. The largest absolute Gasteiger partial charge is 0.431 e. The number of hydrogen-bond donors (Lipinski definition) is 1. The lowest BCUT2D eigenvalue weighted by Crippen LogP contribution is -2.19. The van der Waals surface area contributed by atoms with Crippen LogP contribution in [0.25, 0.3) is 10.9 Å². The van der Waals surface area contributed by atoms with E-state index in [1.165, 1.54) is 10.6 Å². The SMILES string of the molecule is CNCCn1c(C(F)(F)F)cc2ccccc21. The molecule has 0 saturated carbocycles. The molecule has 0 unspecified atom stereocenters. The number of halogens is 3. The number of fused-ring (bicyclic) bond motifs is 1. The van der Waals surface area contributed by atoms with Crippen LogP contribution in [0.5, 0.6) is 0 Å². The summed E-state index contributed by atoms with van der Waals surface area (Å²) in [6.07, 6.45) is -4.31. The second-order valence-corrected chi connectivity index (χ2v) is 3.84. The van der Waals surface area contributed by atoms with Gasteiger partial charge in [0.2, 0.25) is 0 Å². The second-order valence-electron chi connectivity index (χ2n) is 3.84. The van der Waals surface area contributed by atoms with Crippen molar-refractivity contribution in [2.24, 2.45) is 0 Å². The summed E-state index contributed by atoms with van der Waals surface area (Å²) < 4.78 is 39.9. The standard InChI is InChI=1S/C12H13F3N2/c1-16-6-7-17-10-5-3-2-4-9(10)8-11(17)12(13,14)15/h2-5,8,16H,6-7H2,1H3. The molecule has 1 aromatic heterocycles. The molecule has 2 rings (SSSR count). The van der Waals surface area contributed by atoms with E-state index in [2.05, 4.69) is 5.32 Å². The molecule has 0 saturated heterocycles. The zero-order valence-corrected chi connectivity index (χ0v) is 9.38. The Morgan fingerprint density at radius 1 is 1.24 bits per heavy atom. The lowest BCUT2D eigenvalue weighted by molar-refractivity contribution is -0.143. The number of likely N-dealkylation sites (N-methyl/N-ethyl adjacent to an activating group) is 1. The maximum Gasteiger partial charge on any atom is 0.431 e. The number of hydrogen-bond acceptors (Lipinski definition) is 1. The Morgan fingerprint density at radius 3 is 2.59 bits per heavy atom. The molecule has 2 aromatic rings. The van der Waals surface area contributed by atoms with E-state index in [0.717, 1.165) is 0 Å². The van der Waals surface area contributed by atoms with Crippen molar-refractivity contribution in [3.63, 3.8) is 0 Å². The van der Waals surface area contributed by atoms with Crippen molar-refractivity contribution in [3.05, 3.63) is 36.0 Å². The van der Waals surface area contributed by atoms with Gasteiger partial charge in [0.1, 0.15) is 5.69 Å². The van der Waals surface area contributed by atoms with Crippen molar-refractivity contribution < 1.29 is 13.2 Å². The minimum absolute atomic E-state index is 0.304. The molecule has 5 heteroatoms. The zero-order chi connectivity index (χ0) is 12.5. The quantitative estimate of drug-likeness (QED) is 0.875. The number of nitrogens with one attached hydrogen (secondary N) is 1. The Labute approximate surface area is 97.0 Å². The summed E-state index contributed by atoms with van der Waals surface area (Å²) in [5.74, 6) is 0. The normalized spacial score (nSPS) is 12.2. The van der Waals surface area contributed by atoms with Crippen LogP contribution in [0.2, 0.25) is 0 Å². The van der Waals surface area contributed by atoms with Crippen LogP contribution >= 0.6 is 0 Å². The van der Waals surface area contributed by atoms with E-state index in [9.17, 15) is 13.2 Å². The van der Waals surface area contributed by atoms with E-state index in [1.54, 1.807) is 31.3 Å². The molecular formula is C12H13F3N2. The van der Waals surface area contributed by atoms with Gasteiger partial charge in [0.15, 0.2) is 0 Å². The summed E-state index contributed by atoms with van der Waals surface area (Å²) in [5, 5.41) is 3.48. The first-order valence-corrected chi connectivity index (χ1v) is 5.34. The molecule has 1 heterocycles. The number of nitrogens with zero attached hydrogens (tertiary/aromatic N) is 1. The molecule has 92 valence electrons. The highest BCUT2D eigenvalue weighted by Crippen LogP contribution is 2.33. The van der Waals surface area contributed by atoms with Gasteiger partial charge in [-0.3, -0.25) is 0 Å². The Morgan fingerprint density at radius 2 is 1.94 bits per heavy atom. The van der Waals surface area contributed by atoms with Crippen LogP contribution < -0.4 is 5.32 Å². The molecular weight excluding hydrogens is 229 g/mol. The van der Waals surface area contributed by atoms with Crippen LogP contribution in [0, 0.1) is 0 Å². The van der Waals surface area contributed by atoms with E-state index < -0.39 is 11.9 Å². The molecule has 0 aliphatic carbocycles. The van der Waals surface area contributed by atoms with Gasteiger partial charge in [-0.25, -0.2) is 0 Å². The number of aromatic nitrogens is 1. The van der Waals surface area contributed by atoms with Crippen molar-refractivity contribution in [3.8, 4) is 0 Å². The van der Waals surface area contributed by atoms with Gasteiger partial charge in [0, 0.05) is 24.0 Å². The monoisotopic (exact) mass is 242 g/mol. The highest BCUT2D eigenvalue weighted by Gasteiger charge is 2.35. The summed E-state index contributed by atoms with van der Waals surface area (Å²) in [6, 6.07) is 8.09. The summed E-state index contributed by atoms with van der Waals surface area (Å²) >= 11 is 0. The fraction of sp³-hybridized carbons (Fsp3) is 0.333. The first kappa shape index (κ1) is 12.0. The van der Waals surface area contributed by atoms with Gasteiger partial charge in [-0.05, 0) is 19.2 Å². The van der Waals surface area contributed by atoms with Crippen LogP contribution in [0.3, 0.4) is 0 Å². The fourth-order valence-corrected chi connectivity index (χ4v) is 1.91. The fourth-order valence-electron chi connectivity index (χ4n) is 1.91. The van der Waals surface area contributed by atoms with E-state index in [0.29, 0.717) is 24.0 Å². The van der Waals surface area contributed by atoms with Gasteiger partial charge in [-0.2, -0.15) is 13.2 Å². The molecule has 1 aromatic carbocycles. The minimum atomic E-state index is -4.31. The molecule has 0 spiro atoms. The third kappa shape index (κ3) is 2.29. The van der Waals surface area contributed by atoms with Gasteiger partial charge in [-0.1, -0.05) is 18.2 Å². The first-order valence-electron chi connectivity index (χ1n) is 5.34. The Bertz CT molecular complexity index is 514. The maximum atomic E-state index is 12.9.